The van der Waals surface area contributed by atoms with Gasteiger partial charge in [0.15, 0.2) is 0 Å². The van der Waals surface area contributed by atoms with E-state index in [1.165, 1.54) is 60.7 Å². The molecule has 0 saturated heterocycles. The fourth-order valence-electron chi connectivity index (χ4n) is 3.68. The van der Waals surface area contributed by atoms with Gasteiger partial charge in [0.05, 0.1) is 21.2 Å². The molecule has 0 spiro atoms. The SMILES string of the molecule is O=C(Nc1cc(Cc2ccc(O)c(NC(=O)c3ccc([N+](=O)[O-])cc3)c2)ccc1O)c1ccc([N+](=O)[O-])cc1. The molecule has 0 aliphatic rings. The number of phenolic OH excluding ortho intramolecular Hbond substituents is 2. The van der Waals surface area contributed by atoms with Gasteiger partial charge in [-0.1, -0.05) is 12.1 Å². The van der Waals surface area contributed by atoms with Gasteiger partial charge >= 0.3 is 0 Å². The third kappa shape index (κ3) is 6.32. The third-order valence-electron chi connectivity index (χ3n) is 5.71. The van der Waals surface area contributed by atoms with E-state index >= 15 is 0 Å². The van der Waals surface area contributed by atoms with Crippen molar-refractivity contribution in [2.45, 2.75) is 6.42 Å². The van der Waals surface area contributed by atoms with Crippen LogP contribution in [0.5, 0.6) is 11.5 Å². The number of hydrogen-bond acceptors (Lipinski definition) is 8. The topological polar surface area (TPSA) is 185 Å². The van der Waals surface area contributed by atoms with Gasteiger partial charge in [0, 0.05) is 35.4 Å². The first kappa shape index (κ1) is 26.3. The Bertz CT molecular complexity index is 1470. The van der Waals surface area contributed by atoms with Crippen molar-refractivity contribution in [1.82, 2.24) is 0 Å². The molecule has 0 heterocycles. The number of aromatic hydroxyl groups is 2. The summed E-state index contributed by atoms with van der Waals surface area (Å²) in [5.41, 5.74) is 1.63. The van der Waals surface area contributed by atoms with Gasteiger partial charge in [0.25, 0.3) is 23.2 Å². The molecule has 39 heavy (non-hydrogen) atoms. The van der Waals surface area contributed by atoms with Crippen molar-refractivity contribution in [3.8, 4) is 11.5 Å². The molecule has 0 aliphatic carbocycles. The molecule has 12 nitrogen and oxygen atoms in total. The van der Waals surface area contributed by atoms with Crippen molar-refractivity contribution in [3.05, 3.63) is 127 Å². The first-order chi connectivity index (χ1) is 18.6. The van der Waals surface area contributed by atoms with Crippen molar-refractivity contribution in [2.75, 3.05) is 10.6 Å². The van der Waals surface area contributed by atoms with Crippen LogP contribution in [0.3, 0.4) is 0 Å². The summed E-state index contributed by atoms with van der Waals surface area (Å²) in [6.07, 6.45) is 0.307. The maximum Gasteiger partial charge on any atom is 0.269 e. The first-order valence-corrected chi connectivity index (χ1v) is 11.4. The van der Waals surface area contributed by atoms with Gasteiger partial charge in [-0.3, -0.25) is 29.8 Å². The monoisotopic (exact) mass is 528 g/mol. The van der Waals surface area contributed by atoms with E-state index in [-0.39, 0.29) is 45.4 Å². The molecule has 0 unspecified atom stereocenters. The van der Waals surface area contributed by atoms with E-state index in [4.69, 9.17) is 0 Å². The van der Waals surface area contributed by atoms with Crippen LogP contribution in [0.15, 0.2) is 84.9 Å². The molecule has 0 aromatic heterocycles. The summed E-state index contributed by atoms with van der Waals surface area (Å²) >= 11 is 0. The Morgan fingerprint density at radius 1 is 0.615 bits per heavy atom. The number of hydrogen-bond donors (Lipinski definition) is 4. The minimum absolute atomic E-state index is 0.126. The van der Waals surface area contributed by atoms with E-state index in [1.54, 1.807) is 24.3 Å². The molecule has 4 rings (SSSR count). The lowest BCUT2D eigenvalue weighted by molar-refractivity contribution is -0.385. The Morgan fingerprint density at radius 2 is 0.974 bits per heavy atom. The summed E-state index contributed by atoms with van der Waals surface area (Å²) in [5, 5.41) is 47.2. The van der Waals surface area contributed by atoms with Gasteiger partial charge in [-0.05, 0) is 66.1 Å². The van der Waals surface area contributed by atoms with Gasteiger partial charge in [0.1, 0.15) is 11.5 Å². The molecule has 0 fully saturated rings. The maximum absolute atomic E-state index is 12.6. The van der Waals surface area contributed by atoms with Crippen LogP contribution >= 0.6 is 0 Å². The van der Waals surface area contributed by atoms with Crippen LogP contribution in [0, 0.1) is 20.2 Å². The average Bonchev–Trinajstić information content (AvgIpc) is 2.92. The van der Waals surface area contributed by atoms with E-state index in [0.717, 1.165) is 0 Å². The average molecular weight is 528 g/mol. The van der Waals surface area contributed by atoms with Crippen molar-refractivity contribution in [1.29, 1.82) is 0 Å². The number of benzene rings is 4. The lowest BCUT2D eigenvalue weighted by atomic mass is 10.0. The van der Waals surface area contributed by atoms with Gasteiger partial charge in [-0.25, -0.2) is 0 Å². The van der Waals surface area contributed by atoms with Gasteiger partial charge in [0.2, 0.25) is 0 Å². The van der Waals surface area contributed by atoms with Gasteiger partial charge < -0.3 is 20.8 Å². The van der Waals surface area contributed by atoms with Gasteiger partial charge in [-0.2, -0.15) is 0 Å². The number of non-ortho nitro benzene ring substituents is 2. The highest BCUT2D eigenvalue weighted by molar-refractivity contribution is 6.05. The molecule has 0 saturated carbocycles. The fourth-order valence-corrected chi connectivity index (χ4v) is 3.68. The second kappa shape index (κ2) is 11.1. The molecule has 4 aromatic rings. The molecule has 2 amide bonds. The standard InChI is InChI=1S/C27H20N4O8/c32-24-11-1-16(14-22(24)28-26(34)18-3-7-20(8-4-18)30(36)37)13-17-2-12-25(33)23(15-17)29-27(35)19-5-9-21(10-6-19)31(38)39/h1-12,14-15,32-33H,13H2,(H,28,34)(H,29,35). The highest BCUT2D eigenvalue weighted by atomic mass is 16.6. The molecule has 4 aromatic carbocycles. The summed E-state index contributed by atoms with van der Waals surface area (Å²) in [5.74, 6) is -1.51. The maximum atomic E-state index is 12.6. The zero-order valence-corrected chi connectivity index (χ0v) is 20.0. The molecule has 0 aliphatic heterocycles. The number of phenols is 2. The van der Waals surface area contributed by atoms with Crippen LogP contribution < -0.4 is 10.6 Å². The van der Waals surface area contributed by atoms with Crippen LogP contribution in [0.1, 0.15) is 31.8 Å². The zero-order chi connectivity index (χ0) is 28.1. The number of nitro benzene ring substituents is 2. The normalized spacial score (nSPS) is 10.5. The van der Waals surface area contributed by atoms with Crippen LogP contribution in [-0.4, -0.2) is 31.9 Å². The van der Waals surface area contributed by atoms with Crippen molar-refractivity contribution >= 4 is 34.6 Å². The number of carbonyl (C=O) groups excluding carboxylic acids is 2. The number of nitrogens with zero attached hydrogens (tertiary/aromatic N) is 2. The van der Waals surface area contributed by atoms with Crippen molar-refractivity contribution in [3.63, 3.8) is 0 Å². The second-order valence-electron chi connectivity index (χ2n) is 8.40. The van der Waals surface area contributed by atoms with E-state index in [9.17, 15) is 40.0 Å². The molecule has 12 heteroatoms. The Balaban J connectivity index is 1.48. The number of amides is 2. The quantitative estimate of drug-likeness (QED) is 0.140. The molecule has 4 N–H and O–H groups in total. The Morgan fingerprint density at radius 3 is 1.31 bits per heavy atom. The summed E-state index contributed by atoms with van der Waals surface area (Å²) in [7, 11) is 0. The van der Waals surface area contributed by atoms with Crippen molar-refractivity contribution in [2.24, 2.45) is 0 Å². The minimum Gasteiger partial charge on any atom is -0.506 e. The molecule has 0 bridgehead atoms. The molecular weight excluding hydrogens is 508 g/mol. The number of carbonyl (C=O) groups is 2. The van der Waals surface area contributed by atoms with Crippen LogP contribution in [0.4, 0.5) is 22.7 Å². The smallest absolute Gasteiger partial charge is 0.269 e. The second-order valence-corrected chi connectivity index (χ2v) is 8.40. The van der Waals surface area contributed by atoms with Crippen LogP contribution in [0.25, 0.3) is 0 Å². The van der Waals surface area contributed by atoms with Crippen LogP contribution in [0.2, 0.25) is 0 Å². The first-order valence-electron chi connectivity index (χ1n) is 11.4. The Kier molecular flexibility index (Phi) is 7.47. The van der Waals surface area contributed by atoms with Crippen molar-refractivity contribution < 1.29 is 29.6 Å². The molecular formula is C27H20N4O8. The number of nitro groups is 2. The number of rotatable bonds is 8. The highest BCUT2D eigenvalue weighted by Gasteiger charge is 2.14. The number of anilines is 2. The fraction of sp³-hybridized carbons (Fsp3) is 0.0370. The summed E-state index contributed by atoms with van der Waals surface area (Å²) in [4.78, 5) is 45.6. The van der Waals surface area contributed by atoms with E-state index < -0.39 is 21.7 Å². The lowest BCUT2D eigenvalue weighted by Gasteiger charge is -2.12. The van der Waals surface area contributed by atoms with Gasteiger partial charge in [-0.15, -0.1) is 0 Å². The predicted molar refractivity (Wildman–Crippen MR) is 141 cm³/mol. The predicted octanol–water partition coefficient (Wildman–Crippen LogP) is 5.01. The largest absolute Gasteiger partial charge is 0.506 e. The molecule has 196 valence electrons. The number of nitrogens with one attached hydrogen (secondary N) is 2. The van der Waals surface area contributed by atoms with E-state index in [0.29, 0.717) is 17.5 Å². The van der Waals surface area contributed by atoms with E-state index in [2.05, 4.69) is 10.6 Å². The minimum atomic E-state index is -0.577. The Labute approximate surface area is 220 Å². The molecule has 0 atom stereocenters. The zero-order valence-electron chi connectivity index (χ0n) is 20.0. The third-order valence-corrected chi connectivity index (χ3v) is 5.71. The lowest BCUT2D eigenvalue weighted by Crippen LogP contribution is -2.12. The van der Waals surface area contributed by atoms with E-state index in [1.807, 2.05) is 0 Å². The molecule has 0 radical (unpaired) electrons. The summed E-state index contributed by atoms with van der Waals surface area (Å²) in [6, 6.07) is 19.2. The Hall–Kier alpha value is -5.78. The summed E-state index contributed by atoms with van der Waals surface area (Å²) in [6.45, 7) is 0. The summed E-state index contributed by atoms with van der Waals surface area (Å²) < 4.78 is 0. The van der Waals surface area contributed by atoms with Crippen LogP contribution in [-0.2, 0) is 6.42 Å². The highest BCUT2D eigenvalue weighted by Crippen LogP contribution is 2.29.